The van der Waals surface area contributed by atoms with E-state index < -0.39 is 0 Å². The maximum atomic E-state index is 13.0. The molecule has 22 heavy (non-hydrogen) atoms. The van der Waals surface area contributed by atoms with E-state index in [-0.39, 0.29) is 11.8 Å². The number of Topliss-reactive ketones (excluding diaryl/α,β-unsaturated/α-hetero) is 1. The van der Waals surface area contributed by atoms with Crippen LogP contribution in [0.4, 0.5) is 0 Å². The fourth-order valence-corrected chi connectivity index (χ4v) is 3.24. The number of ketones is 1. The van der Waals surface area contributed by atoms with Gasteiger partial charge in [-0.25, -0.2) is 0 Å². The molecular weight excluding hydrogens is 270 g/mol. The van der Waals surface area contributed by atoms with Gasteiger partial charge >= 0.3 is 0 Å². The molecule has 1 atom stereocenters. The van der Waals surface area contributed by atoms with Gasteiger partial charge in [0.05, 0.1) is 6.04 Å². The monoisotopic (exact) mass is 293 g/mol. The first-order chi connectivity index (χ1) is 10.8. The Balaban J connectivity index is 1.84. The quantitative estimate of drug-likeness (QED) is 0.820. The Kier molecular flexibility index (Phi) is 5.02. The van der Waals surface area contributed by atoms with Crippen molar-refractivity contribution < 1.29 is 4.79 Å². The standard InChI is InChI=1S/C20H23NO/c22-20(17-12-6-2-7-13-17)19(16-10-4-1-5-11-16)21-18-14-8-3-9-15-18/h1-2,4-7,10-13,18-19,21H,3,8-9,14-15H2. The second-order valence-electron chi connectivity index (χ2n) is 6.08. The summed E-state index contributed by atoms with van der Waals surface area (Å²) in [5, 5.41) is 3.62. The van der Waals surface area contributed by atoms with Crippen LogP contribution in [0.2, 0.25) is 0 Å². The van der Waals surface area contributed by atoms with E-state index in [4.69, 9.17) is 0 Å². The van der Waals surface area contributed by atoms with E-state index in [2.05, 4.69) is 5.32 Å². The van der Waals surface area contributed by atoms with Gasteiger partial charge in [-0.05, 0) is 18.4 Å². The average Bonchev–Trinajstić information content (AvgIpc) is 2.61. The first kappa shape index (κ1) is 15.0. The van der Waals surface area contributed by atoms with E-state index >= 15 is 0 Å². The van der Waals surface area contributed by atoms with Gasteiger partial charge in [-0.15, -0.1) is 0 Å². The molecular formula is C20H23NO. The third-order valence-corrected chi connectivity index (χ3v) is 4.46. The molecule has 1 aliphatic carbocycles. The molecule has 1 aliphatic rings. The van der Waals surface area contributed by atoms with Crippen LogP contribution in [-0.2, 0) is 0 Å². The largest absolute Gasteiger partial charge is 0.301 e. The highest BCUT2D eigenvalue weighted by molar-refractivity contribution is 6.00. The predicted molar refractivity (Wildman–Crippen MR) is 90.0 cm³/mol. The lowest BCUT2D eigenvalue weighted by Crippen LogP contribution is -2.38. The summed E-state index contributed by atoms with van der Waals surface area (Å²) in [6.45, 7) is 0. The second-order valence-corrected chi connectivity index (χ2v) is 6.08. The van der Waals surface area contributed by atoms with E-state index in [1.54, 1.807) is 0 Å². The first-order valence-electron chi connectivity index (χ1n) is 8.25. The van der Waals surface area contributed by atoms with Crippen molar-refractivity contribution in [3.8, 4) is 0 Å². The Morgan fingerprint density at radius 1 is 0.864 bits per heavy atom. The molecule has 0 saturated heterocycles. The summed E-state index contributed by atoms with van der Waals surface area (Å²) in [6, 6.07) is 19.9. The van der Waals surface area contributed by atoms with Gasteiger partial charge in [-0.3, -0.25) is 4.79 Å². The zero-order valence-corrected chi connectivity index (χ0v) is 12.9. The highest BCUT2D eigenvalue weighted by Gasteiger charge is 2.25. The molecule has 0 radical (unpaired) electrons. The lowest BCUT2D eigenvalue weighted by atomic mass is 9.91. The van der Waals surface area contributed by atoms with E-state index in [1.807, 2.05) is 60.7 Å². The normalized spacial score (nSPS) is 17.1. The predicted octanol–water partition coefficient (Wildman–Crippen LogP) is 4.53. The van der Waals surface area contributed by atoms with Gasteiger partial charge in [-0.1, -0.05) is 79.9 Å². The van der Waals surface area contributed by atoms with Crippen LogP contribution in [0, 0.1) is 0 Å². The number of rotatable bonds is 5. The molecule has 0 heterocycles. The van der Waals surface area contributed by atoms with Crippen molar-refractivity contribution in [2.45, 2.75) is 44.2 Å². The van der Waals surface area contributed by atoms with Gasteiger partial charge in [0.15, 0.2) is 5.78 Å². The van der Waals surface area contributed by atoms with Crippen LogP contribution in [-0.4, -0.2) is 11.8 Å². The second kappa shape index (κ2) is 7.37. The van der Waals surface area contributed by atoms with Crippen molar-refractivity contribution in [3.05, 3.63) is 71.8 Å². The summed E-state index contributed by atoms with van der Waals surface area (Å²) in [5.74, 6) is 0.164. The highest BCUT2D eigenvalue weighted by atomic mass is 16.1. The molecule has 2 nitrogen and oxygen atoms in total. The van der Waals surface area contributed by atoms with Crippen molar-refractivity contribution in [1.29, 1.82) is 0 Å². The molecule has 0 aromatic heterocycles. The summed E-state index contributed by atoms with van der Waals surface area (Å²) >= 11 is 0. The van der Waals surface area contributed by atoms with Crippen molar-refractivity contribution in [2.75, 3.05) is 0 Å². The van der Waals surface area contributed by atoms with Crippen LogP contribution in [0.25, 0.3) is 0 Å². The van der Waals surface area contributed by atoms with Crippen LogP contribution in [0.3, 0.4) is 0 Å². The molecule has 2 aromatic rings. The van der Waals surface area contributed by atoms with E-state index in [9.17, 15) is 4.79 Å². The number of hydrogen-bond acceptors (Lipinski definition) is 2. The molecule has 2 heteroatoms. The summed E-state index contributed by atoms with van der Waals surface area (Å²) in [4.78, 5) is 13.0. The van der Waals surface area contributed by atoms with Crippen LogP contribution in [0.1, 0.15) is 54.1 Å². The van der Waals surface area contributed by atoms with Gasteiger partial charge in [-0.2, -0.15) is 0 Å². The third kappa shape index (κ3) is 3.63. The van der Waals surface area contributed by atoms with E-state index in [0.29, 0.717) is 6.04 Å². The Morgan fingerprint density at radius 2 is 1.45 bits per heavy atom. The minimum absolute atomic E-state index is 0.164. The van der Waals surface area contributed by atoms with Crippen molar-refractivity contribution >= 4 is 5.78 Å². The summed E-state index contributed by atoms with van der Waals surface area (Å²) in [5.41, 5.74) is 1.83. The zero-order valence-electron chi connectivity index (χ0n) is 12.9. The molecule has 1 fully saturated rings. The van der Waals surface area contributed by atoms with Gasteiger partial charge in [0.25, 0.3) is 0 Å². The Bertz CT molecular complexity index is 588. The topological polar surface area (TPSA) is 29.1 Å². The van der Waals surface area contributed by atoms with Crippen LogP contribution in [0.5, 0.6) is 0 Å². The molecule has 0 bridgehead atoms. The van der Waals surface area contributed by atoms with E-state index in [0.717, 1.165) is 11.1 Å². The molecule has 0 amide bonds. The van der Waals surface area contributed by atoms with Crippen LogP contribution >= 0.6 is 0 Å². The summed E-state index contributed by atoms with van der Waals surface area (Å²) in [6.07, 6.45) is 6.19. The fraction of sp³-hybridized carbons (Fsp3) is 0.350. The van der Waals surface area contributed by atoms with Gasteiger partial charge in [0.2, 0.25) is 0 Å². The van der Waals surface area contributed by atoms with Crippen molar-refractivity contribution in [2.24, 2.45) is 0 Å². The lowest BCUT2D eigenvalue weighted by molar-refractivity contribution is 0.0931. The minimum atomic E-state index is -0.244. The molecule has 0 aliphatic heterocycles. The number of carbonyl (C=O) groups excluding carboxylic acids is 1. The Morgan fingerprint density at radius 3 is 2.09 bits per heavy atom. The third-order valence-electron chi connectivity index (χ3n) is 4.46. The number of nitrogens with one attached hydrogen (secondary N) is 1. The number of carbonyl (C=O) groups is 1. The zero-order chi connectivity index (χ0) is 15.2. The molecule has 3 rings (SSSR count). The fourth-order valence-electron chi connectivity index (χ4n) is 3.24. The van der Waals surface area contributed by atoms with Crippen LogP contribution in [0.15, 0.2) is 60.7 Å². The first-order valence-corrected chi connectivity index (χ1v) is 8.25. The van der Waals surface area contributed by atoms with Gasteiger partial charge in [0.1, 0.15) is 0 Å². The van der Waals surface area contributed by atoms with E-state index in [1.165, 1.54) is 32.1 Å². The number of hydrogen-bond donors (Lipinski definition) is 1. The molecule has 1 N–H and O–H groups in total. The SMILES string of the molecule is O=C(c1ccccc1)C(NC1CCCCC1)c1ccccc1. The summed E-state index contributed by atoms with van der Waals surface area (Å²) in [7, 11) is 0. The van der Waals surface area contributed by atoms with Gasteiger partial charge < -0.3 is 5.32 Å². The van der Waals surface area contributed by atoms with Crippen LogP contribution < -0.4 is 5.32 Å². The Labute approximate surface area is 132 Å². The molecule has 2 aromatic carbocycles. The summed E-state index contributed by atoms with van der Waals surface area (Å²) < 4.78 is 0. The van der Waals surface area contributed by atoms with Gasteiger partial charge in [0, 0.05) is 11.6 Å². The molecule has 1 saturated carbocycles. The lowest BCUT2D eigenvalue weighted by Gasteiger charge is -2.28. The highest BCUT2D eigenvalue weighted by Crippen LogP contribution is 2.24. The minimum Gasteiger partial charge on any atom is -0.301 e. The molecule has 114 valence electrons. The maximum absolute atomic E-state index is 13.0. The van der Waals surface area contributed by atoms with Crippen molar-refractivity contribution in [1.82, 2.24) is 5.32 Å². The Hall–Kier alpha value is -1.93. The molecule has 1 unspecified atom stereocenters. The number of benzene rings is 2. The average molecular weight is 293 g/mol. The molecule has 0 spiro atoms. The smallest absolute Gasteiger partial charge is 0.184 e. The maximum Gasteiger partial charge on any atom is 0.184 e. The van der Waals surface area contributed by atoms with Crippen molar-refractivity contribution in [3.63, 3.8) is 0 Å².